The number of hydrogen-bond acceptors (Lipinski definition) is 4. The van der Waals surface area contributed by atoms with Gasteiger partial charge in [0.05, 0.1) is 11.4 Å². The van der Waals surface area contributed by atoms with Crippen LogP contribution in [0.25, 0.3) is 0 Å². The van der Waals surface area contributed by atoms with Gasteiger partial charge in [-0.05, 0) is 38.4 Å². The number of nitrogens with one attached hydrogen (secondary N) is 1. The fraction of sp³-hybridized carbons (Fsp3) is 0.400. The lowest BCUT2D eigenvalue weighted by atomic mass is 9.98. The Hall–Kier alpha value is -0.840. The molecule has 1 aromatic carbocycles. The molecule has 1 N–H and O–H groups in total. The molecule has 0 amide bonds. The summed E-state index contributed by atoms with van der Waals surface area (Å²) in [6, 6.07) is 11.1. The monoisotopic (exact) mass is 290 g/mol. The average molecular weight is 290 g/mol. The summed E-state index contributed by atoms with van der Waals surface area (Å²) in [6.45, 7) is 0. The number of aryl methyl sites for hydroxylation is 1. The fourth-order valence-electron chi connectivity index (χ4n) is 2.47. The van der Waals surface area contributed by atoms with Crippen LogP contribution in [0.1, 0.15) is 34.5 Å². The summed E-state index contributed by atoms with van der Waals surface area (Å²) in [7, 11) is 2.05. The van der Waals surface area contributed by atoms with Gasteiger partial charge in [0.1, 0.15) is 5.01 Å². The number of thiazole rings is 1. The van der Waals surface area contributed by atoms with Gasteiger partial charge < -0.3 is 5.32 Å². The average Bonchev–Trinajstić information content (AvgIpc) is 2.89. The minimum atomic E-state index is 0.525. The molecule has 0 bridgehead atoms. The van der Waals surface area contributed by atoms with Gasteiger partial charge >= 0.3 is 0 Å². The SMILES string of the molecule is CNC1CCCc2nc(CSc3ccccc3)sc21. The predicted molar refractivity (Wildman–Crippen MR) is 82.9 cm³/mol. The van der Waals surface area contributed by atoms with Crippen LogP contribution < -0.4 is 5.32 Å². The van der Waals surface area contributed by atoms with Crippen molar-refractivity contribution in [3.8, 4) is 0 Å². The lowest BCUT2D eigenvalue weighted by molar-refractivity contribution is 0.501. The van der Waals surface area contributed by atoms with Crippen LogP contribution in [0, 0.1) is 0 Å². The molecule has 0 radical (unpaired) electrons. The van der Waals surface area contributed by atoms with Crippen molar-refractivity contribution in [2.75, 3.05) is 7.05 Å². The first-order valence-corrected chi connectivity index (χ1v) is 8.50. The number of benzene rings is 1. The largest absolute Gasteiger partial charge is 0.312 e. The van der Waals surface area contributed by atoms with Crippen LogP contribution in [0.4, 0.5) is 0 Å². The first kappa shape index (κ1) is 13.2. The molecule has 4 heteroatoms. The second kappa shape index (κ2) is 6.07. The standard InChI is InChI=1S/C15H18N2S2/c1-16-12-8-5-9-13-15(12)19-14(17-13)10-18-11-6-3-2-4-7-11/h2-4,6-7,12,16H,5,8-10H2,1H3. The Labute approximate surface area is 122 Å². The van der Waals surface area contributed by atoms with Crippen molar-refractivity contribution < 1.29 is 0 Å². The van der Waals surface area contributed by atoms with Crippen molar-refractivity contribution in [3.63, 3.8) is 0 Å². The predicted octanol–water partition coefficient (Wildman–Crippen LogP) is 4.03. The number of rotatable bonds is 4. The molecule has 1 atom stereocenters. The maximum Gasteiger partial charge on any atom is 0.103 e. The molecular weight excluding hydrogens is 272 g/mol. The fourth-order valence-corrected chi connectivity index (χ4v) is 4.64. The molecule has 1 aliphatic rings. The van der Waals surface area contributed by atoms with E-state index in [1.54, 1.807) is 0 Å². The molecule has 0 saturated heterocycles. The Morgan fingerprint density at radius 3 is 3.00 bits per heavy atom. The molecule has 3 rings (SSSR count). The topological polar surface area (TPSA) is 24.9 Å². The van der Waals surface area contributed by atoms with Crippen molar-refractivity contribution in [3.05, 3.63) is 45.9 Å². The summed E-state index contributed by atoms with van der Waals surface area (Å²) >= 11 is 3.77. The second-order valence-corrected chi connectivity index (χ2v) is 6.92. The van der Waals surface area contributed by atoms with Crippen LogP contribution in [-0.4, -0.2) is 12.0 Å². The molecular formula is C15H18N2S2. The van der Waals surface area contributed by atoms with E-state index in [0.29, 0.717) is 6.04 Å². The molecule has 1 aliphatic carbocycles. The molecule has 1 heterocycles. The van der Waals surface area contributed by atoms with Gasteiger partial charge in [-0.1, -0.05) is 18.2 Å². The third-order valence-corrected chi connectivity index (χ3v) is 5.87. The van der Waals surface area contributed by atoms with Gasteiger partial charge in [-0.3, -0.25) is 0 Å². The zero-order valence-corrected chi connectivity index (χ0v) is 12.7. The van der Waals surface area contributed by atoms with Crippen molar-refractivity contribution in [1.29, 1.82) is 0 Å². The lowest BCUT2D eigenvalue weighted by Gasteiger charge is -2.20. The van der Waals surface area contributed by atoms with Crippen molar-refractivity contribution in [2.45, 2.75) is 36.0 Å². The van der Waals surface area contributed by atoms with E-state index in [4.69, 9.17) is 4.98 Å². The highest BCUT2D eigenvalue weighted by Gasteiger charge is 2.23. The normalized spacial score (nSPS) is 18.3. The lowest BCUT2D eigenvalue weighted by Crippen LogP contribution is -2.19. The Morgan fingerprint density at radius 1 is 1.37 bits per heavy atom. The van der Waals surface area contributed by atoms with Gasteiger partial charge in [-0.2, -0.15) is 0 Å². The highest BCUT2D eigenvalue weighted by molar-refractivity contribution is 7.98. The van der Waals surface area contributed by atoms with E-state index in [0.717, 1.165) is 12.2 Å². The van der Waals surface area contributed by atoms with E-state index in [9.17, 15) is 0 Å². The third kappa shape index (κ3) is 3.02. The maximum atomic E-state index is 4.82. The maximum absolute atomic E-state index is 4.82. The highest BCUT2D eigenvalue weighted by atomic mass is 32.2. The van der Waals surface area contributed by atoms with Gasteiger partial charge in [-0.15, -0.1) is 23.1 Å². The third-order valence-electron chi connectivity index (χ3n) is 3.45. The Bertz CT molecular complexity index is 536. The zero-order valence-electron chi connectivity index (χ0n) is 11.1. The molecule has 1 unspecified atom stereocenters. The Balaban J connectivity index is 1.71. The van der Waals surface area contributed by atoms with E-state index >= 15 is 0 Å². The molecule has 0 fully saturated rings. The zero-order chi connectivity index (χ0) is 13.1. The summed E-state index contributed by atoms with van der Waals surface area (Å²) in [5, 5.41) is 4.68. The van der Waals surface area contributed by atoms with Gasteiger partial charge in [0, 0.05) is 15.8 Å². The van der Waals surface area contributed by atoms with Crippen LogP contribution in [0.2, 0.25) is 0 Å². The molecule has 1 aromatic heterocycles. The minimum absolute atomic E-state index is 0.525. The second-order valence-electron chi connectivity index (χ2n) is 4.75. The minimum Gasteiger partial charge on any atom is -0.312 e. The molecule has 0 spiro atoms. The van der Waals surface area contributed by atoms with Crippen LogP contribution in [0.5, 0.6) is 0 Å². The molecule has 2 aromatic rings. The first-order chi connectivity index (χ1) is 9.36. The van der Waals surface area contributed by atoms with Gasteiger partial charge in [0.25, 0.3) is 0 Å². The first-order valence-electron chi connectivity index (χ1n) is 6.70. The summed E-state index contributed by atoms with van der Waals surface area (Å²) < 4.78 is 0. The summed E-state index contributed by atoms with van der Waals surface area (Å²) in [5.41, 5.74) is 1.33. The number of nitrogens with zero attached hydrogens (tertiary/aromatic N) is 1. The van der Waals surface area contributed by atoms with Crippen molar-refractivity contribution in [2.24, 2.45) is 0 Å². The van der Waals surface area contributed by atoms with E-state index in [1.807, 2.05) is 23.1 Å². The molecule has 2 nitrogen and oxygen atoms in total. The van der Waals surface area contributed by atoms with Crippen LogP contribution >= 0.6 is 23.1 Å². The quantitative estimate of drug-likeness (QED) is 0.861. The van der Waals surface area contributed by atoms with Crippen molar-refractivity contribution >= 4 is 23.1 Å². The molecule has 19 heavy (non-hydrogen) atoms. The van der Waals surface area contributed by atoms with Crippen LogP contribution in [0.15, 0.2) is 35.2 Å². The van der Waals surface area contributed by atoms with Gasteiger partial charge in [0.2, 0.25) is 0 Å². The van der Waals surface area contributed by atoms with E-state index in [2.05, 4.69) is 42.7 Å². The van der Waals surface area contributed by atoms with Crippen LogP contribution in [0.3, 0.4) is 0 Å². The number of aromatic nitrogens is 1. The molecule has 100 valence electrons. The highest BCUT2D eigenvalue weighted by Crippen LogP contribution is 2.35. The summed E-state index contributed by atoms with van der Waals surface area (Å²) in [6.07, 6.45) is 3.66. The molecule has 0 aliphatic heterocycles. The molecule has 0 saturated carbocycles. The van der Waals surface area contributed by atoms with Crippen LogP contribution in [-0.2, 0) is 12.2 Å². The number of hydrogen-bond donors (Lipinski definition) is 1. The number of thioether (sulfide) groups is 1. The Kier molecular flexibility index (Phi) is 4.21. The smallest absolute Gasteiger partial charge is 0.103 e. The van der Waals surface area contributed by atoms with Gasteiger partial charge in [-0.25, -0.2) is 4.98 Å². The van der Waals surface area contributed by atoms with Gasteiger partial charge in [0.15, 0.2) is 0 Å². The summed E-state index contributed by atoms with van der Waals surface area (Å²) in [5.74, 6) is 0.984. The van der Waals surface area contributed by atoms with E-state index in [1.165, 1.54) is 33.3 Å². The van der Waals surface area contributed by atoms with Crippen molar-refractivity contribution in [1.82, 2.24) is 10.3 Å². The number of fused-ring (bicyclic) bond motifs is 1. The summed E-state index contributed by atoms with van der Waals surface area (Å²) in [4.78, 5) is 7.61. The van der Waals surface area contributed by atoms with E-state index < -0.39 is 0 Å². The Morgan fingerprint density at radius 2 is 2.21 bits per heavy atom. The van der Waals surface area contributed by atoms with E-state index in [-0.39, 0.29) is 0 Å².